The molecule has 0 saturated heterocycles. The van der Waals surface area contributed by atoms with Crippen LogP contribution in [0.3, 0.4) is 0 Å². The van der Waals surface area contributed by atoms with Gasteiger partial charge in [-0.15, -0.1) is 0 Å². The zero-order valence-corrected chi connectivity index (χ0v) is 9.62. The number of rotatable bonds is 4. The third kappa shape index (κ3) is 2.75. The molecule has 1 unspecified atom stereocenters. The maximum absolute atomic E-state index is 11.7. The van der Waals surface area contributed by atoms with Gasteiger partial charge in [-0.25, -0.2) is 0 Å². The third-order valence-electron chi connectivity index (χ3n) is 2.22. The molecule has 2 radical (unpaired) electrons. The van der Waals surface area contributed by atoms with Crippen molar-refractivity contribution >= 4 is 18.0 Å². The van der Waals surface area contributed by atoms with Crippen molar-refractivity contribution in [3.05, 3.63) is 30.3 Å². The van der Waals surface area contributed by atoms with E-state index >= 15 is 0 Å². The quantitative estimate of drug-likeness (QED) is 0.577. The molecule has 0 heterocycles. The molecule has 0 aliphatic rings. The SMILES string of the molecule is [B]C(C)(CC)S(=O)(=O)Oc1ccccc1. The van der Waals surface area contributed by atoms with Crippen molar-refractivity contribution < 1.29 is 12.6 Å². The smallest absolute Gasteiger partial charge is 0.306 e. The lowest BCUT2D eigenvalue weighted by Crippen LogP contribution is -2.38. The minimum absolute atomic E-state index is 0.280. The summed E-state index contributed by atoms with van der Waals surface area (Å²) in [7, 11) is 1.84. The molecule has 3 nitrogen and oxygen atoms in total. The van der Waals surface area contributed by atoms with Gasteiger partial charge in [0.15, 0.2) is 0 Å². The van der Waals surface area contributed by atoms with Crippen molar-refractivity contribution in [2.24, 2.45) is 0 Å². The van der Waals surface area contributed by atoms with Gasteiger partial charge in [-0.3, -0.25) is 0 Å². The van der Waals surface area contributed by atoms with Crippen molar-refractivity contribution in [2.45, 2.75) is 24.9 Å². The Morgan fingerprint density at radius 3 is 2.33 bits per heavy atom. The fraction of sp³-hybridized carbons (Fsp3) is 0.400. The summed E-state index contributed by atoms with van der Waals surface area (Å²) < 4.78 is 27.0. The molecule has 0 aliphatic heterocycles. The van der Waals surface area contributed by atoms with Gasteiger partial charge >= 0.3 is 10.1 Å². The van der Waals surface area contributed by atoms with Gasteiger partial charge in [0.2, 0.25) is 0 Å². The molecule has 0 spiro atoms. The van der Waals surface area contributed by atoms with Crippen LogP contribution in [-0.4, -0.2) is 20.9 Å². The van der Waals surface area contributed by atoms with E-state index in [0.29, 0.717) is 6.42 Å². The zero-order valence-electron chi connectivity index (χ0n) is 8.80. The molecular formula is C10H13BO3S. The molecule has 1 aromatic carbocycles. The topological polar surface area (TPSA) is 43.4 Å². The first-order valence-electron chi connectivity index (χ1n) is 4.67. The van der Waals surface area contributed by atoms with E-state index in [1.807, 2.05) is 0 Å². The van der Waals surface area contributed by atoms with Crippen LogP contribution in [0.4, 0.5) is 0 Å². The molecule has 0 N–H and O–H groups in total. The van der Waals surface area contributed by atoms with E-state index in [2.05, 4.69) is 0 Å². The van der Waals surface area contributed by atoms with Crippen molar-refractivity contribution in [3.63, 3.8) is 0 Å². The van der Waals surface area contributed by atoms with Crippen LogP contribution in [0, 0.1) is 0 Å². The largest absolute Gasteiger partial charge is 0.383 e. The van der Waals surface area contributed by atoms with Crippen LogP contribution in [0.25, 0.3) is 0 Å². The lowest BCUT2D eigenvalue weighted by atomic mass is 9.86. The predicted octanol–water partition coefficient (Wildman–Crippen LogP) is 1.69. The Labute approximate surface area is 92.0 Å². The molecule has 0 aromatic heterocycles. The molecule has 0 bridgehead atoms. The first-order chi connectivity index (χ1) is 6.89. The van der Waals surface area contributed by atoms with E-state index in [9.17, 15) is 8.42 Å². The van der Waals surface area contributed by atoms with Gasteiger partial charge in [-0.2, -0.15) is 8.42 Å². The van der Waals surface area contributed by atoms with E-state index < -0.39 is 14.8 Å². The van der Waals surface area contributed by atoms with E-state index in [1.165, 1.54) is 6.92 Å². The van der Waals surface area contributed by atoms with Crippen LogP contribution < -0.4 is 4.18 Å². The van der Waals surface area contributed by atoms with Gasteiger partial charge in [0.05, 0.1) is 4.65 Å². The van der Waals surface area contributed by atoms with Crippen LogP contribution in [-0.2, 0) is 10.1 Å². The second kappa shape index (κ2) is 4.27. The molecular weight excluding hydrogens is 211 g/mol. The molecule has 0 fully saturated rings. The molecule has 1 aromatic rings. The molecule has 1 rings (SSSR count). The summed E-state index contributed by atoms with van der Waals surface area (Å²) in [4.78, 5) is 0. The van der Waals surface area contributed by atoms with Crippen molar-refractivity contribution in [2.75, 3.05) is 0 Å². The fourth-order valence-electron chi connectivity index (χ4n) is 0.875. The Hall–Kier alpha value is -0.965. The number of hydrogen-bond acceptors (Lipinski definition) is 3. The molecule has 0 saturated carbocycles. The monoisotopic (exact) mass is 224 g/mol. The van der Waals surface area contributed by atoms with Gasteiger partial charge in [-0.1, -0.05) is 32.0 Å². The normalized spacial score (nSPS) is 15.6. The first kappa shape index (κ1) is 12.1. The number of hydrogen-bond donors (Lipinski definition) is 0. The standard InChI is InChI=1S/C10H13BO3S/c1-3-10(2,11)15(12,13)14-9-7-5-4-6-8-9/h4-8H,3H2,1-2H3. The summed E-state index contributed by atoms with van der Waals surface area (Å²) >= 11 is 0. The molecule has 5 heteroatoms. The maximum atomic E-state index is 11.7. The first-order valence-corrected chi connectivity index (χ1v) is 6.08. The van der Waals surface area contributed by atoms with Crippen LogP contribution >= 0.6 is 0 Å². The fourth-order valence-corrected chi connectivity index (χ4v) is 1.78. The number of para-hydroxylation sites is 1. The second-order valence-corrected chi connectivity index (χ2v) is 5.52. The van der Waals surface area contributed by atoms with Gasteiger partial charge < -0.3 is 4.18 Å². The highest BCUT2D eigenvalue weighted by atomic mass is 32.2. The van der Waals surface area contributed by atoms with Crippen LogP contribution in [0.2, 0.25) is 0 Å². The summed E-state index contributed by atoms with van der Waals surface area (Å²) in [5, 5.41) is 0. The van der Waals surface area contributed by atoms with E-state index in [0.717, 1.165) is 0 Å². The maximum Gasteiger partial charge on any atom is 0.306 e. The molecule has 1 atom stereocenters. The van der Waals surface area contributed by atoms with Gasteiger partial charge in [0, 0.05) is 0 Å². The Balaban J connectivity index is 2.92. The summed E-state index contributed by atoms with van der Waals surface area (Å²) in [6, 6.07) is 8.32. The van der Waals surface area contributed by atoms with Gasteiger partial charge in [-0.05, 0) is 18.6 Å². The highest BCUT2D eigenvalue weighted by Gasteiger charge is 2.33. The van der Waals surface area contributed by atoms with E-state index in [1.54, 1.807) is 37.3 Å². The van der Waals surface area contributed by atoms with Crippen molar-refractivity contribution in [1.29, 1.82) is 0 Å². The Kier molecular flexibility index (Phi) is 3.44. The Morgan fingerprint density at radius 1 is 1.33 bits per heavy atom. The Bertz CT molecular complexity index is 412. The van der Waals surface area contributed by atoms with Crippen LogP contribution in [0.1, 0.15) is 20.3 Å². The summed E-state index contributed by atoms with van der Waals surface area (Å²) in [5.41, 5.74) is 0. The summed E-state index contributed by atoms with van der Waals surface area (Å²) in [6.07, 6.45) is 0.294. The molecule has 15 heavy (non-hydrogen) atoms. The molecule has 0 amide bonds. The second-order valence-electron chi connectivity index (χ2n) is 3.52. The van der Waals surface area contributed by atoms with E-state index in [4.69, 9.17) is 12.0 Å². The third-order valence-corrected chi connectivity index (χ3v) is 4.07. The summed E-state index contributed by atoms with van der Waals surface area (Å²) in [5.74, 6) is 0.280. The average Bonchev–Trinajstić information content (AvgIpc) is 2.18. The van der Waals surface area contributed by atoms with Gasteiger partial charge in [0.1, 0.15) is 13.6 Å². The lowest BCUT2D eigenvalue weighted by molar-refractivity contribution is 0.463. The summed E-state index contributed by atoms with van der Waals surface area (Å²) in [6.45, 7) is 3.14. The highest BCUT2D eigenvalue weighted by molar-refractivity contribution is 7.89. The van der Waals surface area contributed by atoms with Gasteiger partial charge in [0.25, 0.3) is 0 Å². The predicted molar refractivity (Wildman–Crippen MR) is 60.4 cm³/mol. The van der Waals surface area contributed by atoms with Crippen LogP contribution in [0.5, 0.6) is 5.75 Å². The zero-order chi connectivity index (χ0) is 11.5. The number of benzene rings is 1. The molecule has 80 valence electrons. The minimum Gasteiger partial charge on any atom is -0.383 e. The minimum atomic E-state index is -3.79. The highest BCUT2D eigenvalue weighted by Crippen LogP contribution is 2.22. The van der Waals surface area contributed by atoms with Crippen molar-refractivity contribution in [3.8, 4) is 5.75 Å². The average molecular weight is 224 g/mol. The Morgan fingerprint density at radius 2 is 1.87 bits per heavy atom. The van der Waals surface area contributed by atoms with Crippen LogP contribution in [0.15, 0.2) is 30.3 Å². The van der Waals surface area contributed by atoms with E-state index in [-0.39, 0.29) is 5.75 Å². The van der Waals surface area contributed by atoms with Crippen molar-refractivity contribution in [1.82, 2.24) is 0 Å². The molecule has 0 aliphatic carbocycles. The lowest BCUT2D eigenvalue weighted by Gasteiger charge is -2.22.